The van der Waals surface area contributed by atoms with Crippen LogP contribution < -0.4 is 10.1 Å². The van der Waals surface area contributed by atoms with Crippen molar-refractivity contribution < 1.29 is 9.66 Å². The van der Waals surface area contributed by atoms with Crippen LogP contribution in [-0.2, 0) is 0 Å². The molecule has 1 heterocycles. The number of anilines is 1. The van der Waals surface area contributed by atoms with Gasteiger partial charge in [0.05, 0.1) is 26.7 Å². The molecule has 1 aromatic heterocycles. The summed E-state index contributed by atoms with van der Waals surface area (Å²) in [4.78, 5) is 10.5. The molecule has 2 aromatic rings. The van der Waals surface area contributed by atoms with E-state index in [2.05, 4.69) is 5.32 Å². The number of halogens is 2. The van der Waals surface area contributed by atoms with Crippen molar-refractivity contribution in [3.8, 4) is 5.75 Å². The molecule has 0 spiro atoms. The third-order valence-corrected chi connectivity index (χ3v) is 4.43. The number of nitro benzene ring substituents is 1. The normalized spacial score (nSPS) is 12.0. The highest BCUT2D eigenvalue weighted by atomic mass is 35.5. The largest absolute Gasteiger partial charge is 0.490 e. The van der Waals surface area contributed by atoms with Crippen molar-refractivity contribution in [3.05, 3.63) is 48.6 Å². The molecule has 21 heavy (non-hydrogen) atoms. The zero-order valence-corrected chi connectivity index (χ0v) is 13.6. The Labute approximate surface area is 135 Å². The van der Waals surface area contributed by atoms with Gasteiger partial charge in [-0.2, -0.15) is 0 Å². The van der Waals surface area contributed by atoms with Gasteiger partial charge >= 0.3 is 5.69 Å². The average molecular weight is 347 g/mol. The highest BCUT2D eigenvalue weighted by Crippen LogP contribution is 2.37. The maximum atomic E-state index is 11.0. The van der Waals surface area contributed by atoms with Crippen molar-refractivity contribution in [1.29, 1.82) is 0 Å². The Morgan fingerprint density at radius 3 is 2.62 bits per heavy atom. The lowest BCUT2D eigenvalue weighted by atomic mass is 10.1. The molecule has 1 aromatic carbocycles. The number of rotatable bonds is 5. The molecule has 8 heteroatoms. The van der Waals surface area contributed by atoms with Gasteiger partial charge in [-0.25, -0.2) is 0 Å². The average Bonchev–Trinajstić information content (AvgIpc) is 2.77. The molecule has 0 bridgehead atoms. The fourth-order valence-electron chi connectivity index (χ4n) is 1.90. The summed E-state index contributed by atoms with van der Waals surface area (Å²) in [7, 11) is 1.39. The third-order valence-electron chi connectivity index (χ3n) is 2.91. The van der Waals surface area contributed by atoms with Crippen molar-refractivity contribution in [3.63, 3.8) is 0 Å². The molecule has 0 saturated heterocycles. The third kappa shape index (κ3) is 3.58. The van der Waals surface area contributed by atoms with Crippen LogP contribution in [-0.4, -0.2) is 12.0 Å². The van der Waals surface area contributed by atoms with Crippen molar-refractivity contribution >= 4 is 45.9 Å². The molecule has 5 nitrogen and oxygen atoms in total. The number of nitrogens with one attached hydrogen (secondary N) is 1. The number of ether oxygens (including phenoxy) is 1. The summed E-state index contributed by atoms with van der Waals surface area (Å²) in [6, 6.07) is 6.34. The molecule has 0 amide bonds. The number of nitro groups is 1. The number of hydrogen-bond donors (Lipinski definition) is 1. The monoisotopic (exact) mass is 346 g/mol. The molecule has 112 valence electrons. The first-order chi connectivity index (χ1) is 9.92. The number of methoxy groups -OCH3 is 1. The van der Waals surface area contributed by atoms with Gasteiger partial charge in [0.25, 0.3) is 0 Å². The fourth-order valence-corrected chi connectivity index (χ4v) is 3.54. The number of hydrogen-bond acceptors (Lipinski definition) is 5. The van der Waals surface area contributed by atoms with Crippen molar-refractivity contribution in [2.45, 2.75) is 13.0 Å². The molecule has 0 saturated carbocycles. The van der Waals surface area contributed by atoms with Crippen LogP contribution in [0.1, 0.15) is 18.5 Å². The standard InChI is InChI=1S/C13H12Cl2N2O3S/c1-7(9-6-12(14)21-13(9)15)16-8-3-4-11(20-2)10(5-8)17(18)19/h3-7,16H,1-2H3. The van der Waals surface area contributed by atoms with Crippen LogP contribution in [0.4, 0.5) is 11.4 Å². The maximum absolute atomic E-state index is 11.0. The van der Waals surface area contributed by atoms with Gasteiger partial charge in [-0.15, -0.1) is 11.3 Å². The summed E-state index contributed by atoms with van der Waals surface area (Å²) in [6.07, 6.45) is 0. The summed E-state index contributed by atoms with van der Waals surface area (Å²) >= 11 is 13.3. The topological polar surface area (TPSA) is 64.4 Å². The fraction of sp³-hybridized carbons (Fsp3) is 0.231. The minimum absolute atomic E-state index is 0.0934. The van der Waals surface area contributed by atoms with Gasteiger partial charge in [0.15, 0.2) is 5.75 Å². The quantitative estimate of drug-likeness (QED) is 0.600. The predicted molar refractivity (Wildman–Crippen MR) is 86.0 cm³/mol. The van der Waals surface area contributed by atoms with E-state index >= 15 is 0 Å². The van der Waals surface area contributed by atoms with E-state index in [4.69, 9.17) is 27.9 Å². The van der Waals surface area contributed by atoms with Crippen molar-refractivity contribution in [2.24, 2.45) is 0 Å². The second kappa shape index (κ2) is 6.51. The van der Waals surface area contributed by atoms with E-state index in [-0.39, 0.29) is 17.5 Å². The van der Waals surface area contributed by atoms with Crippen LogP contribution in [0.15, 0.2) is 24.3 Å². The summed E-state index contributed by atoms with van der Waals surface area (Å²) in [5, 5.41) is 14.2. The first-order valence-electron chi connectivity index (χ1n) is 5.96. The van der Waals surface area contributed by atoms with Crippen LogP contribution in [0.25, 0.3) is 0 Å². The molecular weight excluding hydrogens is 335 g/mol. The van der Waals surface area contributed by atoms with E-state index < -0.39 is 4.92 Å². The number of nitrogens with zero attached hydrogens (tertiary/aromatic N) is 1. The summed E-state index contributed by atoms with van der Waals surface area (Å²) in [5.74, 6) is 0.217. The van der Waals surface area contributed by atoms with Crippen LogP contribution in [0.5, 0.6) is 5.75 Å². The number of thiophene rings is 1. The lowest BCUT2D eigenvalue weighted by Gasteiger charge is -2.15. The van der Waals surface area contributed by atoms with Gasteiger partial charge in [-0.05, 0) is 25.1 Å². The molecule has 1 unspecified atom stereocenters. The first-order valence-corrected chi connectivity index (χ1v) is 7.53. The van der Waals surface area contributed by atoms with E-state index in [1.807, 2.05) is 6.92 Å². The van der Waals surface area contributed by atoms with Crippen molar-refractivity contribution in [1.82, 2.24) is 0 Å². The van der Waals surface area contributed by atoms with Gasteiger partial charge in [-0.1, -0.05) is 23.2 Å². The Morgan fingerprint density at radius 2 is 2.10 bits per heavy atom. The Balaban J connectivity index is 2.25. The van der Waals surface area contributed by atoms with E-state index in [1.165, 1.54) is 24.5 Å². The van der Waals surface area contributed by atoms with Gasteiger partial charge < -0.3 is 10.1 Å². The molecular formula is C13H12Cl2N2O3S. The second-order valence-electron chi connectivity index (χ2n) is 4.29. The van der Waals surface area contributed by atoms with Crippen LogP contribution in [0.3, 0.4) is 0 Å². The summed E-state index contributed by atoms with van der Waals surface area (Å²) in [6.45, 7) is 1.90. The molecule has 0 aliphatic carbocycles. The predicted octanol–water partition coefficient (Wildman–Crippen LogP) is 5.14. The van der Waals surface area contributed by atoms with Crippen molar-refractivity contribution in [2.75, 3.05) is 12.4 Å². The lowest BCUT2D eigenvalue weighted by molar-refractivity contribution is -0.385. The first kappa shape index (κ1) is 15.9. The molecule has 0 radical (unpaired) electrons. The smallest absolute Gasteiger partial charge is 0.312 e. The van der Waals surface area contributed by atoms with E-state index in [0.29, 0.717) is 14.4 Å². The molecule has 0 aliphatic rings. The van der Waals surface area contributed by atoms with E-state index in [9.17, 15) is 10.1 Å². The Kier molecular flexibility index (Phi) is 4.92. The Bertz CT molecular complexity index is 675. The van der Waals surface area contributed by atoms with E-state index in [0.717, 1.165) is 5.56 Å². The molecule has 0 aliphatic heterocycles. The number of benzene rings is 1. The summed E-state index contributed by atoms with van der Waals surface area (Å²) < 4.78 is 6.17. The zero-order chi connectivity index (χ0) is 15.6. The Morgan fingerprint density at radius 1 is 1.38 bits per heavy atom. The minimum atomic E-state index is -0.483. The molecule has 1 N–H and O–H groups in total. The minimum Gasteiger partial charge on any atom is -0.490 e. The summed E-state index contributed by atoms with van der Waals surface area (Å²) in [5.41, 5.74) is 1.36. The SMILES string of the molecule is COc1ccc(NC(C)c2cc(Cl)sc2Cl)cc1[N+](=O)[O-]. The lowest BCUT2D eigenvalue weighted by Crippen LogP contribution is -2.06. The molecule has 1 atom stereocenters. The van der Waals surface area contributed by atoms with Gasteiger partial charge in [0.2, 0.25) is 0 Å². The van der Waals surface area contributed by atoms with Gasteiger partial charge in [-0.3, -0.25) is 10.1 Å². The van der Waals surface area contributed by atoms with Crippen LogP contribution in [0, 0.1) is 10.1 Å². The second-order valence-corrected chi connectivity index (χ2v) is 6.57. The maximum Gasteiger partial charge on any atom is 0.312 e. The van der Waals surface area contributed by atoms with Crippen LogP contribution >= 0.6 is 34.5 Å². The highest BCUT2D eigenvalue weighted by molar-refractivity contribution is 7.20. The molecule has 2 rings (SSSR count). The van der Waals surface area contributed by atoms with Gasteiger partial charge in [0, 0.05) is 17.3 Å². The zero-order valence-electron chi connectivity index (χ0n) is 11.2. The Hall–Kier alpha value is -1.50. The van der Waals surface area contributed by atoms with Crippen LogP contribution in [0.2, 0.25) is 8.67 Å². The highest BCUT2D eigenvalue weighted by Gasteiger charge is 2.18. The van der Waals surface area contributed by atoms with Gasteiger partial charge in [0.1, 0.15) is 0 Å². The molecule has 0 fully saturated rings. The van der Waals surface area contributed by atoms with E-state index in [1.54, 1.807) is 18.2 Å².